The standard InChI is InChI=1S/C19H22N2O5/c1-12-4-6-13(7-5-12)9-24-10-14-8-20-16(18(22)21-23)17-15(14)11-25-19(2,3)26-17/h4-8,23H,9-11H2,1-3H3,(H,21,22). The third-order valence-electron chi connectivity index (χ3n) is 4.10. The Morgan fingerprint density at radius 3 is 2.73 bits per heavy atom. The number of carbonyl (C=O) groups is 1. The second-order valence-corrected chi connectivity index (χ2v) is 6.65. The summed E-state index contributed by atoms with van der Waals surface area (Å²) in [5, 5.41) is 8.93. The molecule has 2 N–H and O–H groups in total. The Morgan fingerprint density at radius 1 is 1.31 bits per heavy atom. The largest absolute Gasteiger partial charge is 0.460 e. The van der Waals surface area contributed by atoms with Crippen molar-refractivity contribution in [3.05, 3.63) is 58.4 Å². The topological polar surface area (TPSA) is 89.9 Å². The molecule has 1 aromatic carbocycles. The first kappa shape index (κ1) is 18.3. The number of pyridine rings is 1. The van der Waals surface area contributed by atoms with E-state index in [2.05, 4.69) is 4.98 Å². The van der Waals surface area contributed by atoms with E-state index in [1.165, 1.54) is 5.56 Å². The highest BCUT2D eigenvalue weighted by Gasteiger charge is 2.33. The number of nitrogens with zero attached hydrogens (tertiary/aromatic N) is 1. The van der Waals surface area contributed by atoms with Gasteiger partial charge < -0.3 is 14.2 Å². The molecule has 0 saturated carbocycles. The zero-order chi connectivity index (χ0) is 18.7. The van der Waals surface area contributed by atoms with Crippen LogP contribution in [0.2, 0.25) is 0 Å². The molecule has 0 fully saturated rings. The van der Waals surface area contributed by atoms with Crippen LogP contribution < -0.4 is 10.2 Å². The Bertz CT molecular complexity index is 802. The zero-order valence-electron chi connectivity index (χ0n) is 15.0. The van der Waals surface area contributed by atoms with Crippen LogP contribution in [0, 0.1) is 6.92 Å². The summed E-state index contributed by atoms with van der Waals surface area (Å²) in [7, 11) is 0. The number of fused-ring (bicyclic) bond motifs is 1. The number of amides is 1. The lowest BCUT2D eigenvalue weighted by molar-refractivity contribution is -0.180. The highest BCUT2D eigenvalue weighted by Crippen LogP contribution is 2.35. The van der Waals surface area contributed by atoms with E-state index in [9.17, 15) is 4.79 Å². The van der Waals surface area contributed by atoms with E-state index in [0.717, 1.165) is 11.1 Å². The molecule has 0 spiro atoms. The molecular weight excluding hydrogens is 336 g/mol. The molecule has 0 bridgehead atoms. The summed E-state index contributed by atoms with van der Waals surface area (Å²) in [6.45, 7) is 6.56. The lowest BCUT2D eigenvalue weighted by Crippen LogP contribution is -2.37. The molecule has 1 aliphatic rings. The van der Waals surface area contributed by atoms with Crippen LogP contribution in [0.5, 0.6) is 5.75 Å². The number of rotatable bonds is 5. The molecule has 138 valence electrons. The minimum absolute atomic E-state index is 0.0150. The SMILES string of the molecule is Cc1ccc(COCc2cnc(C(=O)NO)c3c2COC(C)(C)O3)cc1. The fourth-order valence-electron chi connectivity index (χ4n) is 2.66. The minimum atomic E-state index is -0.888. The Morgan fingerprint density at radius 2 is 2.04 bits per heavy atom. The van der Waals surface area contributed by atoms with Gasteiger partial charge >= 0.3 is 0 Å². The van der Waals surface area contributed by atoms with Gasteiger partial charge in [-0.05, 0) is 12.5 Å². The average Bonchev–Trinajstić information content (AvgIpc) is 2.62. The van der Waals surface area contributed by atoms with Crippen LogP contribution in [0.25, 0.3) is 0 Å². The van der Waals surface area contributed by atoms with Gasteiger partial charge in [0.2, 0.25) is 5.79 Å². The molecular formula is C19H22N2O5. The van der Waals surface area contributed by atoms with Crippen molar-refractivity contribution in [1.29, 1.82) is 0 Å². The highest BCUT2D eigenvalue weighted by molar-refractivity contribution is 5.94. The van der Waals surface area contributed by atoms with Crippen molar-refractivity contribution >= 4 is 5.91 Å². The number of benzene rings is 1. The second kappa shape index (κ2) is 7.41. The van der Waals surface area contributed by atoms with Crippen LogP contribution in [-0.2, 0) is 29.3 Å². The van der Waals surface area contributed by atoms with Gasteiger partial charge in [0.05, 0.1) is 19.8 Å². The number of aromatic nitrogens is 1. The summed E-state index contributed by atoms with van der Waals surface area (Å²) >= 11 is 0. The number of nitrogens with one attached hydrogen (secondary N) is 1. The van der Waals surface area contributed by atoms with E-state index >= 15 is 0 Å². The summed E-state index contributed by atoms with van der Waals surface area (Å²) in [6, 6.07) is 8.11. The highest BCUT2D eigenvalue weighted by atomic mass is 16.7. The summed E-state index contributed by atoms with van der Waals surface area (Å²) in [5.41, 5.74) is 5.35. The summed E-state index contributed by atoms with van der Waals surface area (Å²) in [6.07, 6.45) is 1.55. The molecule has 1 aromatic heterocycles. The van der Waals surface area contributed by atoms with Crippen LogP contribution in [0.4, 0.5) is 0 Å². The van der Waals surface area contributed by atoms with Gasteiger partial charge in [-0.25, -0.2) is 10.5 Å². The van der Waals surface area contributed by atoms with Crippen LogP contribution >= 0.6 is 0 Å². The van der Waals surface area contributed by atoms with Gasteiger partial charge in [0.1, 0.15) is 0 Å². The normalized spacial score (nSPS) is 15.1. The maximum atomic E-state index is 11.9. The summed E-state index contributed by atoms with van der Waals surface area (Å²) in [4.78, 5) is 16.0. The van der Waals surface area contributed by atoms with Crippen molar-refractivity contribution in [1.82, 2.24) is 10.5 Å². The Labute approximate surface area is 151 Å². The maximum Gasteiger partial charge on any atom is 0.297 e. The quantitative estimate of drug-likeness (QED) is 0.631. The molecule has 1 amide bonds. The first-order valence-corrected chi connectivity index (χ1v) is 8.31. The molecule has 0 aliphatic carbocycles. The van der Waals surface area contributed by atoms with Crippen LogP contribution in [-0.4, -0.2) is 21.9 Å². The number of hydroxylamine groups is 1. The maximum absolute atomic E-state index is 11.9. The van der Waals surface area contributed by atoms with E-state index < -0.39 is 11.7 Å². The molecule has 2 heterocycles. The fourth-order valence-corrected chi connectivity index (χ4v) is 2.66. The smallest absolute Gasteiger partial charge is 0.297 e. The third-order valence-corrected chi connectivity index (χ3v) is 4.10. The van der Waals surface area contributed by atoms with E-state index in [1.807, 2.05) is 31.2 Å². The van der Waals surface area contributed by atoms with Gasteiger partial charge in [-0.1, -0.05) is 29.8 Å². The molecule has 3 rings (SSSR count). The van der Waals surface area contributed by atoms with Gasteiger partial charge in [0, 0.05) is 31.2 Å². The van der Waals surface area contributed by atoms with Gasteiger partial charge in [-0.2, -0.15) is 0 Å². The van der Waals surface area contributed by atoms with E-state index in [-0.39, 0.29) is 12.3 Å². The molecule has 26 heavy (non-hydrogen) atoms. The summed E-state index contributed by atoms with van der Waals surface area (Å²) < 4.78 is 17.2. The molecule has 1 aliphatic heterocycles. The summed E-state index contributed by atoms with van der Waals surface area (Å²) in [5.74, 6) is -1.31. The van der Waals surface area contributed by atoms with Gasteiger partial charge in [0.25, 0.3) is 5.91 Å². The first-order valence-electron chi connectivity index (χ1n) is 8.31. The Kier molecular flexibility index (Phi) is 5.22. The van der Waals surface area contributed by atoms with Crippen LogP contribution in [0.15, 0.2) is 30.5 Å². The predicted octanol–water partition coefficient (Wildman–Crippen LogP) is 2.87. The van der Waals surface area contributed by atoms with Crippen molar-refractivity contribution in [3.8, 4) is 5.75 Å². The molecule has 0 saturated heterocycles. The van der Waals surface area contributed by atoms with Gasteiger partial charge in [-0.3, -0.25) is 10.0 Å². The minimum Gasteiger partial charge on any atom is -0.460 e. The lowest BCUT2D eigenvalue weighted by Gasteiger charge is -2.34. The Balaban J connectivity index is 1.79. The number of ether oxygens (including phenoxy) is 3. The van der Waals surface area contributed by atoms with Crippen LogP contribution in [0.1, 0.15) is 46.6 Å². The van der Waals surface area contributed by atoms with Crippen molar-refractivity contribution < 1.29 is 24.2 Å². The third kappa shape index (κ3) is 4.01. The fraction of sp³-hybridized carbons (Fsp3) is 0.368. The van der Waals surface area contributed by atoms with Crippen LogP contribution in [0.3, 0.4) is 0 Å². The number of aryl methyl sites for hydroxylation is 1. The number of hydrogen-bond acceptors (Lipinski definition) is 6. The zero-order valence-corrected chi connectivity index (χ0v) is 15.0. The van der Waals surface area contributed by atoms with Crippen molar-refractivity contribution in [2.24, 2.45) is 0 Å². The Hall–Kier alpha value is -2.48. The predicted molar refractivity (Wildman–Crippen MR) is 92.7 cm³/mol. The monoisotopic (exact) mass is 358 g/mol. The van der Waals surface area contributed by atoms with E-state index in [4.69, 9.17) is 19.4 Å². The number of carbonyl (C=O) groups excluding carboxylic acids is 1. The first-order chi connectivity index (χ1) is 12.4. The lowest BCUT2D eigenvalue weighted by atomic mass is 10.1. The molecule has 0 atom stereocenters. The van der Waals surface area contributed by atoms with Crippen molar-refractivity contribution in [2.75, 3.05) is 0 Å². The van der Waals surface area contributed by atoms with Gasteiger partial charge in [-0.15, -0.1) is 0 Å². The molecule has 2 aromatic rings. The van der Waals surface area contributed by atoms with Crippen molar-refractivity contribution in [3.63, 3.8) is 0 Å². The number of hydrogen-bond donors (Lipinski definition) is 2. The van der Waals surface area contributed by atoms with Gasteiger partial charge in [0.15, 0.2) is 11.4 Å². The second-order valence-electron chi connectivity index (χ2n) is 6.65. The molecule has 7 heteroatoms. The van der Waals surface area contributed by atoms with E-state index in [0.29, 0.717) is 24.5 Å². The molecule has 0 unspecified atom stereocenters. The van der Waals surface area contributed by atoms with E-state index in [1.54, 1.807) is 25.5 Å². The molecule has 7 nitrogen and oxygen atoms in total. The molecule has 0 radical (unpaired) electrons. The van der Waals surface area contributed by atoms with Crippen molar-refractivity contribution in [2.45, 2.75) is 46.4 Å². The average molecular weight is 358 g/mol.